The van der Waals surface area contributed by atoms with Crippen LogP contribution in [0.5, 0.6) is 0 Å². The highest BCUT2D eigenvalue weighted by Gasteiger charge is 2.29. The topological polar surface area (TPSA) is 63.8 Å². The van der Waals surface area contributed by atoms with Crippen molar-refractivity contribution in [3.8, 4) is 0 Å². The van der Waals surface area contributed by atoms with Crippen LogP contribution in [-0.4, -0.2) is 53.0 Å². The fraction of sp³-hybridized carbons (Fsp3) is 0.812. The minimum Gasteiger partial charge on any atom is -0.393 e. The fourth-order valence-corrected chi connectivity index (χ4v) is 2.81. The Hall–Kier alpha value is -1.43. The maximum atomic E-state index is 9.39. The molecule has 0 saturated heterocycles. The minimum atomic E-state index is -0.530. The van der Waals surface area contributed by atoms with E-state index in [0.29, 0.717) is 0 Å². The fourth-order valence-electron chi connectivity index (χ4n) is 2.81. The third kappa shape index (κ3) is 5.09. The molecule has 2 rings (SSSR count). The van der Waals surface area contributed by atoms with Crippen LogP contribution in [0.2, 0.25) is 0 Å². The van der Waals surface area contributed by atoms with Crippen LogP contribution < -0.4 is 0 Å². The van der Waals surface area contributed by atoms with Crippen LogP contribution in [0.15, 0.2) is 27.8 Å². The van der Waals surface area contributed by atoms with E-state index in [2.05, 4.69) is 44.6 Å². The Morgan fingerprint density at radius 1 is 1.05 bits per heavy atom. The lowest BCUT2D eigenvalue weighted by atomic mass is 9.95. The zero-order valence-electron chi connectivity index (χ0n) is 13.7. The van der Waals surface area contributed by atoms with E-state index in [1.807, 2.05) is 0 Å². The molecule has 0 fully saturated rings. The van der Waals surface area contributed by atoms with Crippen molar-refractivity contribution in [3.05, 3.63) is 12.4 Å². The lowest BCUT2D eigenvalue weighted by molar-refractivity contribution is 0.229. The lowest BCUT2D eigenvalue weighted by Gasteiger charge is -2.21. The van der Waals surface area contributed by atoms with Crippen LogP contribution in [-0.2, 0) is 0 Å². The summed E-state index contributed by atoms with van der Waals surface area (Å²) < 4.78 is 0. The zero-order chi connectivity index (χ0) is 15.7. The van der Waals surface area contributed by atoms with Gasteiger partial charge in [-0.15, -0.1) is 5.10 Å². The Morgan fingerprint density at radius 2 is 1.77 bits per heavy atom. The minimum absolute atomic E-state index is 0.00612. The average Bonchev–Trinajstić information content (AvgIpc) is 3.19. The van der Waals surface area contributed by atoms with E-state index in [0.717, 1.165) is 26.1 Å². The van der Waals surface area contributed by atoms with Crippen LogP contribution in [0.25, 0.3) is 0 Å². The quantitative estimate of drug-likeness (QED) is 0.597. The molecule has 1 atom stereocenters. The van der Waals surface area contributed by atoms with Gasteiger partial charge in [-0.3, -0.25) is 0 Å². The van der Waals surface area contributed by atoms with Crippen molar-refractivity contribution in [3.63, 3.8) is 0 Å². The van der Waals surface area contributed by atoms with Crippen molar-refractivity contribution in [2.45, 2.75) is 57.4 Å². The Bertz CT molecular complexity index is 395. The van der Waals surface area contributed by atoms with Gasteiger partial charge in [-0.25, -0.2) is 0 Å². The summed E-state index contributed by atoms with van der Waals surface area (Å²) in [6, 6.07) is 0. The molecule has 124 valence electrons. The zero-order valence-corrected chi connectivity index (χ0v) is 13.7. The molecule has 0 saturated carbocycles. The van der Waals surface area contributed by atoms with E-state index in [1.165, 1.54) is 38.6 Å². The number of hydrogen-bond donors (Lipinski definition) is 1. The molecule has 2 aliphatic rings. The summed E-state index contributed by atoms with van der Waals surface area (Å²) in [6.07, 6.45) is 14.1. The normalized spacial score (nSPS) is 23.2. The van der Waals surface area contributed by atoms with Crippen LogP contribution in [0, 0.1) is 0 Å². The number of unbranched alkanes of at least 4 members (excludes halogenated alkanes) is 4. The van der Waals surface area contributed by atoms with Crippen molar-refractivity contribution in [2.75, 3.05) is 26.4 Å². The predicted molar refractivity (Wildman–Crippen MR) is 88.6 cm³/mol. The summed E-state index contributed by atoms with van der Waals surface area (Å²) in [4.78, 5) is 4.78. The number of aliphatic hydroxyl groups excluding tert-OH is 1. The highest BCUT2D eigenvalue weighted by molar-refractivity contribution is 5.71. The molecule has 0 aromatic heterocycles. The molecule has 0 aromatic rings. The third-order valence-corrected chi connectivity index (χ3v) is 4.32. The molecule has 2 heterocycles. The largest absolute Gasteiger partial charge is 0.393 e. The molecular formula is C16H29N5O. The molecule has 0 amide bonds. The van der Waals surface area contributed by atoms with E-state index in [1.54, 1.807) is 6.21 Å². The van der Waals surface area contributed by atoms with Crippen molar-refractivity contribution in [1.29, 1.82) is 0 Å². The molecule has 0 aliphatic carbocycles. The summed E-state index contributed by atoms with van der Waals surface area (Å²) in [5.41, 5.74) is -0.530. The summed E-state index contributed by atoms with van der Waals surface area (Å²) >= 11 is 0. The van der Waals surface area contributed by atoms with E-state index in [4.69, 9.17) is 0 Å². The Balaban J connectivity index is 1.49. The van der Waals surface area contributed by atoms with Crippen LogP contribution >= 0.6 is 0 Å². The van der Waals surface area contributed by atoms with Gasteiger partial charge in [0.2, 0.25) is 0 Å². The van der Waals surface area contributed by atoms with Gasteiger partial charge in [0.25, 0.3) is 0 Å². The SMILES string of the molecule is CCCCN1C=CN(CCCCCCC2(CO)C=NN=N2)C1. The molecule has 22 heavy (non-hydrogen) atoms. The monoisotopic (exact) mass is 307 g/mol. The molecule has 2 aliphatic heterocycles. The summed E-state index contributed by atoms with van der Waals surface area (Å²) in [5, 5.41) is 20.8. The number of hydrogen-bond acceptors (Lipinski definition) is 6. The Morgan fingerprint density at radius 3 is 2.41 bits per heavy atom. The standard InChI is InChI=1S/C16H29N5O/c1-2-3-9-20-11-12-21(15-20)10-7-5-4-6-8-16(14-22)13-17-19-18-16/h11-13,22H,2-10,14-15H2,1H3. The van der Waals surface area contributed by atoms with E-state index in [9.17, 15) is 5.11 Å². The second-order valence-electron chi connectivity index (χ2n) is 6.28. The smallest absolute Gasteiger partial charge is 0.143 e. The third-order valence-electron chi connectivity index (χ3n) is 4.32. The maximum absolute atomic E-state index is 9.39. The first-order valence-corrected chi connectivity index (χ1v) is 8.52. The molecule has 0 bridgehead atoms. The Kier molecular flexibility index (Phi) is 6.83. The molecule has 6 nitrogen and oxygen atoms in total. The van der Waals surface area contributed by atoms with Crippen molar-refractivity contribution >= 4 is 6.21 Å². The van der Waals surface area contributed by atoms with Gasteiger partial charge >= 0.3 is 0 Å². The molecule has 0 spiro atoms. The highest BCUT2D eigenvalue weighted by Crippen LogP contribution is 2.22. The van der Waals surface area contributed by atoms with Gasteiger partial charge in [-0.1, -0.05) is 32.6 Å². The summed E-state index contributed by atoms with van der Waals surface area (Å²) in [6.45, 7) is 5.59. The summed E-state index contributed by atoms with van der Waals surface area (Å²) in [5.74, 6) is 0. The first-order chi connectivity index (χ1) is 10.8. The van der Waals surface area contributed by atoms with Gasteiger partial charge in [-0.2, -0.15) is 5.11 Å². The number of nitrogens with zero attached hydrogens (tertiary/aromatic N) is 5. The van der Waals surface area contributed by atoms with E-state index in [-0.39, 0.29) is 6.61 Å². The van der Waals surface area contributed by atoms with Gasteiger partial charge in [0.15, 0.2) is 0 Å². The van der Waals surface area contributed by atoms with Gasteiger partial charge in [-0.05, 0) is 24.5 Å². The lowest BCUT2D eigenvalue weighted by Crippen LogP contribution is -2.30. The maximum Gasteiger partial charge on any atom is 0.143 e. The molecule has 6 heteroatoms. The van der Waals surface area contributed by atoms with Crippen molar-refractivity contribution in [2.24, 2.45) is 15.4 Å². The van der Waals surface area contributed by atoms with Gasteiger partial charge < -0.3 is 14.9 Å². The Labute approximate surface area is 133 Å². The molecule has 1 N–H and O–H groups in total. The molecular weight excluding hydrogens is 278 g/mol. The van der Waals surface area contributed by atoms with Gasteiger partial charge in [0.1, 0.15) is 5.54 Å². The second-order valence-corrected chi connectivity index (χ2v) is 6.28. The first-order valence-electron chi connectivity index (χ1n) is 8.52. The molecule has 0 radical (unpaired) electrons. The van der Waals surface area contributed by atoms with Crippen LogP contribution in [0.1, 0.15) is 51.9 Å². The van der Waals surface area contributed by atoms with E-state index >= 15 is 0 Å². The van der Waals surface area contributed by atoms with Crippen molar-refractivity contribution < 1.29 is 5.11 Å². The van der Waals surface area contributed by atoms with E-state index < -0.39 is 5.54 Å². The number of aliphatic hydroxyl groups is 1. The number of rotatable bonds is 11. The van der Waals surface area contributed by atoms with Crippen LogP contribution in [0.3, 0.4) is 0 Å². The predicted octanol–water partition coefficient (Wildman–Crippen LogP) is 2.97. The van der Waals surface area contributed by atoms with Gasteiger partial charge in [0, 0.05) is 25.5 Å². The summed E-state index contributed by atoms with van der Waals surface area (Å²) in [7, 11) is 0. The second kappa shape index (κ2) is 8.88. The molecule has 0 aromatic carbocycles. The van der Waals surface area contributed by atoms with Crippen molar-refractivity contribution in [1.82, 2.24) is 9.80 Å². The average molecular weight is 307 g/mol. The molecule has 1 unspecified atom stereocenters. The first kappa shape index (κ1) is 16.9. The van der Waals surface area contributed by atoms with Gasteiger partial charge in [0.05, 0.1) is 19.5 Å². The van der Waals surface area contributed by atoms with Crippen LogP contribution in [0.4, 0.5) is 0 Å². The highest BCUT2D eigenvalue weighted by atomic mass is 16.3.